The number of hydrogen-bond donors (Lipinski definition) is 1. The fourth-order valence-electron chi connectivity index (χ4n) is 0. The van der Waals surface area contributed by atoms with Gasteiger partial charge in [-0.3, -0.25) is 4.79 Å². The van der Waals surface area contributed by atoms with Crippen LogP contribution >= 0.6 is 0 Å². The molecule has 1 N–H and O–H groups in total. The Morgan fingerprint density at radius 2 is 1.89 bits per heavy atom. The Morgan fingerprint density at radius 3 is 1.89 bits per heavy atom. The average molecular weight is 128 g/mol. The van der Waals surface area contributed by atoms with Gasteiger partial charge in [-0.2, -0.15) is 5.26 Å². The first kappa shape index (κ1) is 10.9. The first-order chi connectivity index (χ1) is 4.18. The fraction of sp³-hybridized carbons (Fsp3) is 0.667. The molecule has 0 radical (unpaired) electrons. The minimum atomic E-state index is 0.190. The zero-order chi connectivity index (χ0) is 7.70. The van der Waals surface area contributed by atoms with Gasteiger partial charge in [-0.05, 0) is 13.8 Å². The van der Waals surface area contributed by atoms with Crippen molar-refractivity contribution in [3.8, 4) is 6.07 Å². The summed E-state index contributed by atoms with van der Waals surface area (Å²) >= 11 is 0. The van der Waals surface area contributed by atoms with Crippen LogP contribution in [0.3, 0.4) is 0 Å². The lowest BCUT2D eigenvalue weighted by Crippen LogP contribution is -1.98. The van der Waals surface area contributed by atoms with Crippen molar-refractivity contribution in [2.45, 2.75) is 13.8 Å². The summed E-state index contributed by atoms with van der Waals surface area (Å²) in [6, 6.07) is 2.03. The predicted molar refractivity (Wildman–Crippen MR) is 35.6 cm³/mol. The molecule has 3 nitrogen and oxygen atoms in total. The van der Waals surface area contributed by atoms with Crippen molar-refractivity contribution < 1.29 is 4.79 Å². The van der Waals surface area contributed by atoms with Crippen LogP contribution in [0.2, 0.25) is 0 Å². The molecule has 0 aliphatic carbocycles. The number of carbonyl (C=O) groups is 1. The molecule has 0 aromatic carbocycles. The van der Waals surface area contributed by atoms with Crippen LogP contribution in [-0.2, 0) is 4.79 Å². The van der Waals surface area contributed by atoms with E-state index in [4.69, 9.17) is 10.1 Å². The standard InChI is InChI=1S/C4H7N.C2H5NO/c1-4(2)3-5;1-3-2-4/h4H,1-2H3;2H,1H3,(H,3,4). The van der Waals surface area contributed by atoms with Gasteiger partial charge in [-0.1, -0.05) is 0 Å². The largest absolute Gasteiger partial charge is 0.362 e. The number of hydrogen-bond acceptors (Lipinski definition) is 2. The van der Waals surface area contributed by atoms with Gasteiger partial charge >= 0.3 is 0 Å². The molecule has 0 heterocycles. The molecule has 0 atom stereocenters. The third kappa shape index (κ3) is 44.6. The van der Waals surface area contributed by atoms with E-state index in [1.54, 1.807) is 7.05 Å². The molecule has 0 rings (SSSR count). The monoisotopic (exact) mass is 128 g/mol. The van der Waals surface area contributed by atoms with Crippen LogP contribution in [0.15, 0.2) is 0 Å². The van der Waals surface area contributed by atoms with Gasteiger partial charge in [0.25, 0.3) is 0 Å². The molecule has 3 heteroatoms. The first-order valence-corrected chi connectivity index (χ1v) is 2.69. The summed E-state index contributed by atoms with van der Waals surface area (Å²) in [5.74, 6) is 0.190. The van der Waals surface area contributed by atoms with Crippen LogP contribution in [0.1, 0.15) is 13.8 Å². The van der Waals surface area contributed by atoms with Gasteiger partial charge in [-0.25, -0.2) is 0 Å². The maximum Gasteiger partial charge on any atom is 0.206 e. The van der Waals surface area contributed by atoms with Crippen LogP contribution in [0, 0.1) is 17.2 Å². The molecule has 0 fully saturated rings. The van der Waals surface area contributed by atoms with E-state index in [0.29, 0.717) is 6.41 Å². The molecule has 1 amide bonds. The third-order valence-electron chi connectivity index (χ3n) is 0.376. The maximum absolute atomic E-state index is 9.06. The van der Waals surface area contributed by atoms with E-state index in [0.717, 1.165) is 0 Å². The van der Waals surface area contributed by atoms with Gasteiger partial charge in [-0.15, -0.1) is 0 Å². The summed E-state index contributed by atoms with van der Waals surface area (Å²) in [7, 11) is 1.56. The van der Waals surface area contributed by atoms with Crippen molar-refractivity contribution in [3.63, 3.8) is 0 Å². The Bertz CT molecular complexity index is 93.7. The Kier molecular flexibility index (Phi) is 12.1. The number of nitrogens with zero attached hydrogens (tertiary/aromatic N) is 1. The lowest BCUT2D eigenvalue weighted by Gasteiger charge is -1.75. The molecule has 0 aromatic rings. The molecule has 9 heavy (non-hydrogen) atoms. The highest BCUT2D eigenvalue weighted by atomic mass is 16.1. The summed E-state index contributed by atoms with van der Waals surface area (Å²) < 4.78 is 0. The van der Waals surface area contributed by atoms with Crippen molar-refractivity contribution in [3.05, 3.63) is 0 Å². The van der Waals surface area contributed by atoms with Gasteiger partial charge in [0.05, 0.1) is 6.07 Å². The molecular weight excluding hydrogens is 116 g/mol. The fourth-order valence-corrected chi connectivity index (χ4v) is 0. The molecule has 0 aliphatic rings. The van der Waals surface area contributed by atoms with Gasteiger partial charge in [0, 0.05) is 13.0 Å². The van der Waals surface area contributed by atoms with Gasteiger partial charge in [0.2, 0.25) is 6.41 Å². The van der Waals surface area contributed by atoms with Crippen molar-refractivity contribution in [1.82, 2.24) is 5.32 Å². The zero-order valence-corrected chi connectivity index (χ0v) is 6.01. The number of nitrogens with one attached hydrogen (secondary N) is 1. The topological polar surface area (TPSA) is 52.9 Å². The highest BCUT2D eigenvalue weighted by Crippen LogP contribution is 1.81. The van der Waals surface area contributed by atoms with Crippen molar-refractivity contribution in [2.24, 2.45) is 5.92 Å². The SMILES string of the molecule is CC(C)C#N.CNC=O. The van der Waals surface area contributed by atoms with Crippen LogP contribution in [0.5, 0.6) is 0 Å². The van der Waals surface area contributed by atoms with Crippen LogP contribution in [0.4, 0.5) is 0 Å². The van der Waals surface area contributed by atoms with E-state index >= 15 is 0 Å². The quantitative estimate of drug-likeness (QED) is 0.523. The molecule has 52 valence electrons. The lowest BCUT2D eigenvalue weighted by atomic mass is 10.3. The maximum atomic E-state index is 9.06. The molecular formula is C6H12N2O. The van der Waals surface area contributed by atoms with Crippen LogP contribution < -0.4 is 5.32 Å². The second kappa shape index (κ2) is 10.0. The van der Waals surface area contributed by atoms with E-state index in [1.807, 2.05) is 19.9 Å². The smallest absolute Gasteiger partial charge is 0.206 e. The zero-order valence-electron chi connectivity index (χ0n) is 6.01. The van der Waals surface area contributed by atoms with E-state index in [1.165, 1.54) is 0 Å². The highest BCUT2D eigenvalue weighted by Gasteiger charge is 1.78. The molecule has 0 saturated carbocycles. The Labute approximate surface area is 55.7 Å². The Balaban J connectivity index is 0. The number of carbonyl (C=O) groups excluding carboxylic acids is 1. The summed E-state index contributed by atoms with van der Waals surface area (Å²) in [5, 5.41) is 10.1. The lowest BCUT2D eigenvalue weighted by molar-refractivity contribution is -0.109. The number of rotatable bonds is 1. The second-order valence-corrected chi connectivity index (χ2v) is 1.69. The summed E-state index contributed by atoms with van der Waals surface area (Å²) in [5.41, 5.74) is 0. The normalized spacial score (nSPS) is 6.56. The van der Waals surface area contributed by atoms with E-state index in [9.17, 15) is 0 Å². The third-order valence-corrected chi connectivity index (χ3v) is 0.376. The Morgan fingerprint density at radius 1 is 1.67 bits per heavy atom. The molecule has 0 aromatic heterocycles. The summed E-state index contributed by atoms with van der Waals surface area (Å²) in [4.78, 5) is 9.06. The van der Waals surface area contributed by atoms with Gasteiger partial charge in [0.15, 0.2) is 0 Å². The minimum absolute atomic E-state index is 0.190. The number of nitriles is 1. The van der Waals surface area contributed by atoms with E-state index in [2.05, 4.69) is 5.32 Å². The summed E-state index contributed by atoms with van der Waals surface area (Å²) in [6.07, 6.45) is 0.625. The van der Waals surface area contributed by atoms with E-state index in [-0.39, 0.29) is 5.92 Å². The van der Waals surface area contributed by atoms with E-state index < -0.39 is 0 Å². The second-order valence-electron chi connectivity index (χ2n) is 1.69. The molecule has 0 saturated heterocycles. The van der Waals surface area contributed by atoms with Crippen molar-refractivity contribution in [1.29, 1.82) is 5.26 Å². The van der Waals surface area contributed by atoms with Gasteiger partial charge < -0.3 is 5.32 Å². The van der Waals surface area contributed by atoms with Gasteiger partial charge in [0.1, 0.15) is 0 Å². The molecule has 0 spiro atoms. The average Bonchev–Trinajstić information content (AvgIpc) is 1.89. The van der Waals surface area contributed by atoms with Crippen LogP contribution in [0.25, 0.3) is 0 Å². The Hall–Kier alpha value is -1.04. The van der Waals surface area contributed by atoms with Crippen molar-refractivity contribution in [2.75, 3.05) is 7.05 Å². The molecule has 0 bridgehead atoms. The predicted octanol–water partition coefficient (Wildman–Crippen LogP) is 0.528. The summed E-state index contributed by atoms with van der Waals surface area (Å²) in [6.45, 7) is 3.72. The van der Waals surface area contributed by atoms with Crippen LogP contribution in [-0.4, -0.2) is 13.5 Å². The first-order valence-electron chi connectivity index (χ1n) is 2.69. The van der Waals surface area contributed by atoms with Crippen molar-refractivity contribution >= 4 is 6.41 Å². The molecule has 0 unspecified atom stereocenters. The minimum Gasteiger partial charge on any atom is -0.362 e. The molecule has 0 aliphatic heterocycles. The highest BCUT2D eigenvalue weighted by molar-refractivity contribution is 5.44. The number of amides is 1.